The van der Waals surface area contributed by atoms with Gasteiger partial charge in [-0.15, -0.1) is 0 Å². The minimum absolute atomic E-state index is 0. The number of hydrogen-bond acceptors (Lipinski definition) is 4. The first-order valence-corrected chi connectivity index (χ1v) is 12.5. The maximum Gasteiger partial charge on any atom is 0.308 e. The van der Waals surface area contributed by atoms with Gasteiger partial charge in [0, 0.05) is 0 Å². The van der Waals surface area contributed by atoms with Crippen molar-refractivity contribution in [1.82, 2.24) is 0 Å². The average Bonchev–Trinajstić information content (AvgIpc) is 2.79. The van der Waals surface area contributed by atoms with Gasteiger partial charge in [-0.25, -0.2) is 0 Å². The van der Waals surface area contributed by atoms with Crippen molar-refractivity contribution < 1.29 is 28.9 Å². The van der Waals surface area contributed by atoms with Crippen LogP contribution in [0, 0.1) is 11.8 Å². The lowest BCUT2D eigenvalue weighted by Crippen LogP contribution is -3.13. The van der Waals surface area contributed by atoms with Crippen molar-refractivity contribution in [2.75, 3.05) is 52.5 Å². The molecule has 184 valence electrons. The average molecular weight is 445 g/mol. The molecule has 0 spiro atoms. The molecule has 0 amide bonds. The van der Waals surface area contributed by atoms with Gasteiger partial charge in [0.05, 0.1) is 38.0 Å². The fourth-order valence-electron chi connectivity index (χ4n) is 3.81. The number of carbonyl (C=O) groups is 2. The highest BCUT2D eigenvalue weighted by Crippen LogP contribution is 2.03. The summed E-state index contributed by atoms with van der Waals surface area (Å²) in [6, 6.07) is 0. The van der Waals surface area contributed by atoms with E-state index in [9.17, 15) is 9.59 Å². The van der Waals surface area contributed by atoms with E-state index >= 15 is 0 Å². The van der Waals surface area contributed by atoms with E-state index in [1.165, 1.54) is 64.7 Å². The number of ether oxygens (including phenoxy) is 2. The van der Waals surface area contributed by atoms with Crippen molar-refractivity contribution >= 4 is 11.9 Å². The second-order valence-electron chi connectivity index (χ2n) is 9.07. The van der Waals surface area contributed by atoms with Crippen molar-refractivity contribution in [3.05, 3.63) is 0 Å². The predicted molar refractivity (Wildman–Crippen MR) is 126 cm³/mol. The van der Waals surface area contributed by atoms with Crippen LogP contribution in [0.4, 0.5) is 0 Å². The molecule has 0 aliphatic carbocycles. The SMILES string of the molecule is C.CCC(C)C(=O)OCC[NH+]1CCCCC1.CCC(C)C(=O)OCC[NH+]1CCCCC1. The lowest BCUT2D eigenvalue weighted by molar-refractivity contribution is -0.905. The molecule has 0 saturated carbocycles. The van der Waals surface area contributed by atoms with Crippen LogP contribution < -0.4 is 9.80 Å². The lowest BCUT2D eigenvalue weighted by atomic mass is 10.1. The topological polar surface area (TPSA) is 61.5 Å². The largest absolute Gasteiger partial charge is 0.459 e. The monoisotopic (exact) mass is 444 g/mol. The molecule has 0 aromatic heterocycles. The van der Waals surface area contributed by atoms with E-state index in [4.69, 9.17) is 9.47 Å². The molecule has 0 radical (unpaired) electrons. The molecule has 2 rings (SSSR count). The molecule has 2 N–H and O–H groups in total. The van der Waals surface area contributed by atoms with Gasteiger partial charge in [-0.2, -0.15) is 0 Å². The van der Waals surface area contributed by atoms with Crippen LogP contribution in [0.1, 0.15) is 86.5 Å². The van der Waals surface area contributed by atoms with Crippen LogP contribution in [0.5, 0.6) is 0 Å². The van der Waals surface area contributed by atoms with Crippen LogP contribution >= 0.6 is 0 Å². The van der Waals surface area contributed by atoms with Crippen LogP contribution in [0.3, 0.4) is 0 Å². The standard InChI is InChI=1S/2C12H23NO2.CH4/c2*1-3-11(2)12(14)15-10-9-13-7-5-4-6-8-13;/h2*11H,3-10H2,1-2H3;1H4/p+2. The predicted octanol–water partition coefficient (Wildman–Crippen LogP) is 1.93. The van der Waals surface area contributed by atoms with Crippen molar-refractivity contribution in [2.45, 2.75) is 86.5 Å². The number of esters is 2. The van der Waals surface area contributed by atoms with Crippen LogP contribution in [-0.4, -0.2) is 64.4 Å². The number of rotatable bonds is 10. The smallest absolute Gasteiger partial charge is 0.308 e. The van der Waals surface area contributed by atoms with Crippen molar-refractivity contribution in [3.63, 3.8) is 0 Å². The Balaban J connectivity index is 0.000000562. The van der Waals surface area contributed by atoms with Crippen LogP contribution in [0.15, 0.2) is 0 Å². The van der Waals surface area contributed by atoms with E-state index in [-0.39, 0.29) is 31.2 Å². The van der Waals surface area contributed by atoms with Gasteiger partial charge < -0.3 is 19.3 Å². The van der Waals surface area contributed by atoms with E-state index in [0.717, 1.165) is 25.9 Å². The third kappa shape index (κ3) is 13.8. The number of likely N-dealkylation sites (tertiary alicyclic amines) is 2. The third-order valence-electron chi connectivity index (χ3n) is 6.55. The molecular weight excluding hydrogens is 392 g/mol. The summed E-state index contributed by atoms with van der Waals surface area (Å²) in [6.07, 6.45) is 9.80. The fourth-order valence-corrected chi connectivity index (χ4v) is 3.81. The summed E-state index contributed by atoms with van der Waals surface area (Å²) in [5.74, 6) is 0.0468. The first kappa shape index (κ1) is 29.9. The van der Waals surface area contributed by atoms with E-state index < -0.39 is 0 Å². The zero-order chi connectivity index (χ0) is 22.2. The Labute approximate surface area is 192 Å². The molecule has 0 aromatic carbocycles. The Hall–Kier alpha value is -1.14. The first-order valence-electron chi connectivity index (χ1n) is 12.5. The Morgan fingerprint density at radius 1 is 0.677 bits per heavy atom. The molecule has 2 unspecified atom stereocenters. The summed E-state index contributed by atoms with van der Waals surface area (Å²) in [5, 5.41) is 0. The van der Waals surface area contributed by atoms with Crippen LogP contribution in [0.25, 0.3) is 0 Å². The summed E-state index contributed by atoms with van der Waals surface area (Å²) in [5.41, 5.74) is 0. The lowest BCUT2D eigenvalue weighted by Gasteiger charge is -2.23. The summed E-state index contributed by atoms with van der Waals surface area (Å²) in [7, 11) is 0. The third-order valence-corrected chi connectivity index (χ3v) is 6.55. The highest BCUT2D eigenvalue weighted by Gasteiger charge is 2.17. The molecule has 0 bridgehead atoms. The summed E-state index contributed by atoms with van der Waals surface area (Å²) < 4.78 is 10.5. The molecule has 2 atom stereocenters. The van der Waals surface area contributed by atoms with Gasteiger partial charge in [-0.05, 0) is 51.4 Å². The van der Waals surface area contributed by atoms with Crippen LogP contribution in [-0.2, 0) is 19.1 Å². The molecule has 0 aromatic rings. The summed E-state index contributed by atoms with van der Waals surface area (Å²) in [4.78, 5) is 26.0. The highest BCUT2D eigenvalue weighted by molar-refractivity contribution is 5.72. The Morgan fingerprint density at radius 3 is 1.29 bits per heavy atom. The second-order valence-corrected chi connectivity index (χ2v) is 9.07. The van der Waals surface area contributed by atoms with E-state index in [1.807, 2.05) is 27.7 Å². The number of hydrogen-bond donors (Lipinski definition) is 2. The Bertz CT molecular complexity index is 418. The van der Waals surface area contributed by atoms with Crippen molar-refractivity contribution in [2.24, 2.45) is 11.8 Å². The molecule has 6 heteroatoms. The first-order chi connectivity index (χ1) is 14.5. The van der Waals surface area contributed by atoms with Gasteiger partial charge in [0.25, 0.3) is 0 Å². The maximum absolute atomic E-state index is 11.4. The maximum atomic E-state index is 11.4. The zero-order valence-corrected chi connectivity index (χ0v) is 20.1. The Kier molecular flexibility index (Phi) is 17.8. The zero-order valence-electron chi connectivity index (χ0n) is 20.1. The molecule has 31 heavy (non-hydrogen) atoms. The highest BCUT2D eigenvalue weighted by atomic mass is 16.5. The van der Waals surface area contributed by atoms with E-state index in [2.05, 4.69) is 0 Å². The van der Waals surface area contributed by atoms with Crippen LogP contribution in [0.2, 0.25) is 0 Å². The normalized spacial score (nSPS) is 19.2. The van der Waals surface area contributed by atoms with Gasteiger partial charge in [-0.1, -0.05) is 35.1 Å². The number of carbonyl (C=O) groups excluding carboxylic acids is 2. The molecule has 2 fully saturated rings. The van der Waals surface area contributed by atoms with Gasteiger partial charge in [0.1, 0.15) is 26.3 Å². The van der Waals surface area contributed by atoms with Crippen molar-refractivity contribution in [3.8, 4) is 0 Å². The van der Waals surface area contributed by atoms with E-state index in [1.54, 1.807) is 9.80 Å². The second kappa shape index (κ2) is 18.4. The quantitative estimate of drug-likeness (QED) is 0.506. The van der Waals surface area contributed by atoms with Gasteiger partial charge >= 0.3 is 11.9 Å². The number of nitrogens with one attached hydrogen (secondary N) is 2. The molecule has 2 heterocycles. The van der Waals surface area contributed by atoms with Crippen molar-refractivity contribution in [1.29, 1.82) is 0 Å². The van der Waals surface area contributed by atoms with E-state index in [0.29, 0.717) is 13.2 Å². The molecule has 6 nitrogen and oxygen atoms in total. The minimum atomic E-state index is -0.0334. The molecule has 2 saturated heterocycles. The minimum Gasteiger partial charge on any atom is -0.459 e. The summed E-state index contributed by atoms with van der Waals surface area (Å²) >= 11 is 0. The molecule has 2 aliphatic heterocycles. The van der Waals surface area contributed by atoms with Gasteiger partial charge in [0.15, 0.2) is 0 Å². The molecular formula is C25H52N2O4+2. The van der Waals surface area contributed by atoms with Gasteiger partial charge in [0.2, 0.25) is 0 Å². The van der Waals surface area contributed by atoms with Gasteiger partial charge in [-0.3, -0.25) is 9.59 Å². The number of quaternary nitrogens is 2. The summed E-state index contributed by atoms with van der Waals surface area (Å²) in [6.45, 7) is 16.1. The fraction of sp³-hybridized carbons (Fsp3) is 0.920. The molecule has 2 aliphatic rings. The Morgan fingerprint density at radius 2 is 1.00 bits per heavy atom. The number of piperidine rings is 2.